The molecule has 3 nitrogen and oxygen atoms in total. The molecule has 0 saturated heterocycles. The fourth-order valence-corrected chi connectivity index (χ4v) is 3.43. The van der Waals surface area contributed by atoms with Crippen molar-refractivity contribution in [1.82, 2.24) is 9.88 Å². The first-order chi connectivity index (χ1) is 10.3. The molecule has 0 bridgehead atoms. The number of hydrogen-bond acceptors (Lipinski definition) is 1. The molecule has 1 N–H and O–H groups in total. The second kappa shape index (κ2) is 6.33. The monoisotopic (exact) mass is 284 g/mol. The number of benzene rings is 1. The van der Waals surface area contributed by atoms with Crippen molar-refractivity contribution < 1.29 is 4.79 Å². The normalized spacial score (nSPS) is 16.2. The number of carbonyl (C=O) groups is 1. The van der Waals surface area contributed by atoms with Gasteiger partial charge in [-0.3, -0.25) is 4.79 Å². The molecule has 1 heterocycles. The molecular weight excluding hydrogens is 260 g/mol. The first-order valence-corrected chi connectivity index (χ1v) is 8.06. The molecule has 3 rings (SSSR count). The van der Waals surface area contributed by atoms with Crippen LogP contribution in [0.2, 0.25) is 0 Å². The highest BCUT2D eigenvalue weighted by Crippen LogP contribution is 2.23. The van der Waals surface area contributed by atoms with Crippen LogP contribution in [0.1, 0.15) is 44.1 Å². The molecule has 1 aromatic carbocycles. The second-order valence-corrected chi connectivity index (χ2v) is 6.16. The third-order valence-corrected chi connectivity index (χ3v) is 4.80. The van der Waals surface area contributed by atoms with Gasteiger partial charge in [0.2, 0.25) is 5.91 Å². The van der Waals surface area contributed by atoms with Crippen LogP contribution in [0.4, 0.5) is 0 Å². The van der Waals surface area contributed by atoms with Crippen LogP contribution < -0.4 is 0 Å². The molecule has 112 valence electrons. The summed E-state index contributed by atoms with van der Waals surface area (Å²) in [5.41, 5.74) is 2.40. The molecule has 0 radical (unpaired) electrons. The summed E-state index contributed by atoms with van der Waals surface area (Å²) >= 11 is 0. The molecule has 0 aliphatic heterocycles. The van der Waals surface area contributed by atoms with Crippen molar-refractivity contribution in [3.8, 4) is 0 Å². The Kier molecular flexibility index (Phi) is 4.28. The summed E-state index contributed by atoms with van der Waals surface area (Å²) in [5.74, 6) is 0.284. The fraction of sp³-hybridized carbons (Fsp3) is 0.500. The molecule has 1 amide bonds. The number of nitrogens with zero attached hydrogens (tertiary/aromatic N) is 1. The standard InChI is InChI=1S/C18H24N2O/c1-20(15-7-3-2-4-8-15)18(21)12-11-14-13-19-17-10-6-5-9-16(14)17/h5-6,9-10,13,15,19H,2-4,7-8,11-12H2,1H3. The molecule has 0 unspecified atom stereocenters. The van der Waals surface area contributed by atoms with Crippen molar-refractivity contribution in [2.24, 2.45) is 0 Å². The zero-order valence-electron chi connectivity index (χ0n) is 12.8. The molecule has 1 aliphatic rings. The topological polar surface area (TPSA) is 36.1 Å². The summed E-state index contributed by atoms with van der Waals surface area (Å²) in [6.07, 6.45) is 9.68. The Labute approximate surface area is 126 Å². The molecule has 21 heavy (non-hydrogen) atoms. The van der Waals surface area contributed by atoms with E-state index >= 15 is 0 Å². The lowest BCUT2D eigenvalue weighted by atomic mass is 9.94. The van der Waals surface area contributed by atoms with Crippen molar-refractivity contribution in [1.29, 1.82) is 0 Å². The largest absolute Gasteiger partial charge is 0.361 e. The van der Waals surface area contributed by atoms with Crippen LogP contribution in [-0.2, 0) is 11.2 Å². The molecule has 1 saturated carbocycles. The van der Waals surface area contributed by atoms with Gasteiger partial charge < -0.3 is 9.88 Å². The predicted octanol–water partition coefficient (Wildman–Crippen LogP) is 3.89. The van der Waals surface area contributed by atoms with Gasteiger partial charge >= 0.3 is 0 Å². The average molecular weight is 284 g/mol. The maximum atomic E-state index is 12.4. The number of para-hydroxylation sites is 1. The molecule has 2 aromatic rings. The summed E-state index contributed by atoms with van der Waals surface area (Å²) in [6, 6.07) is 8.75. The number of carbonyl (C=O) groups excluding carboxylic acids is 1. The summed E-state index contributed by atoms with van der Waals surface area (Å²) in [7, 11) is 1.98. The van der Waals surface area contributed by atoms with Gasteiger partial charge in [-0.15, -0.1) is 0 Å². The van der Waals surface area contributed by atoms with Crippen molar-refractivity contribution in [3.63, 3.8) is 0 Å². The summed E-state index contributed by atoms with van der Waals surface area (Å²) < 4.78 is 0. The highest BCUT2D eigenvalue weighted by molar-refractivity contribution is 5.84. The highest BCUT2D eigenvalue weighted by atomic mass is 16.2. The van der Waals surface area contributed by atoms with Crippen molar-refractivity contribution in [2.75, 3.05) is 7.05 Å². The molecule has 0 spiro atoms. The number of aryl methyl sites for hydroxylation is 1. The summed E-state index contributed by atoms with van der Waals surface area (Å²) in [5, 5.41) is 1.24. The predicted molar refractivity (Wildman–Crippen MR) is 86.3 cm³/mol. The van der Waals surface area contributed by atoms with E-state index in [1.165, 1.54) is 43.1 Å². The maximum absolute atomic E-state index is 12.4. The van der Waals surface area contributed by atoms with Gasteiger partial charge in [0.1, 0.15) is 0 Å². The Bertz CT molecular complexity index is 610. The molecule has 1 fully saturated rings. The number of aromatic amines is 1. The Morgan fingerprint density at radius 1 is 1.24 bits per heavy atom. The van der Waals surface area contributed by atoms with Gasteiger partial charge in [-0.2, -0.15) is 0 Å². The number of H-pyrrole nitrogens is 1. The van der Waals surface area contributed by atoms with Crippen LogP contribution in [-0.4, -0.2) is 28.9 Å². The fourth-order valence-electron chi connectivity index (χ4n) is 3.43. The van der Waals surface area contributed by atoms with Crippen molar-refractivity contribution in [2.45, 2.75) is 51.0 Å². The number of rotatable bonds is 4. The van der Waals surface area contributed by atoms with Gasteiger partial charge in [0, 0.05) is 36.6 Å². The number of amides is 1. The molecule has 0 atom stereocenters. The molecule has 3 heteroatoms. The summed E-state index contributed by atoms with van der Waals surface area (Å²) in [4.78, 5) is 17.7. The molecule has 1 aromatic heterocycles. The minimum absolute atomic E-state index is 0.284. The number of aromatic nitrogens is 1. The van der Waals surface area contributed by atoms with Gasteiger partial charge in [0.15, 0.2) is 0 Å². The minimum Gasteiger partial charge on any atom is -0.361 e. The van der Waals surface area contributed by atoms with Crippen molar-refractivity contribution >= 4 is 16.8 Å². The average Bonchev–Trinajstić information content (AvgIpc) is 2.96. The first kappa shape index (κ1) is 14.2. The Hall–Kier alpha value is -1.77. The van der Waals surface area contributed by atoms with Crippen LogP contribution >= 0.6 is 0 Å². The lowest BCUT2D eigenvalue weighted by Crippen LogP contribution is -2.38. The number of hydrogen-bond donors (Lipinski definition) is 1. The van der Waals surface area contributed by atoms with Crippen LogP contribution in [0.25, 0.3) is 10.9 Å². The van der Waals surface area contributed by atoms with Crippen molar-refractivity contribution in [3.05, 3.63) is 36.0 Å². The Balaban J connectivity index is 1.60. The minimum atomic E-state index is 0.284. The van der Waals surface area contributed by atoms with Gasteiger partial charge in [-0.05, 0) is 30.9 Å². The van der Waals surface area contributed by atoms with E-state index in [1.54, 1.807) is 0 Å². The van der Waals surface area contributed by atoms with E-state index in [2.05, 4.69) is 23.2 Å². The van der Waals surface area contributed by atoms with E-state index < -0.39 is 0 Å². The number of fused-ring (bicyclic) bond motifs is 1. The van der Waals surface area contributed by atoms with E-state index in [0.29, 0.717) is 12.5 Å². The Morgan fingerprint density at radius 2 is 2.00 bits per heavy atom. The third kappa shape index (κ3) is 3.12. The van der Waals surface area contributed by atoms with Gasteiger partial charge in [-0.1, -0.05) is 37.5 Å². The van der Waals surface area contributed by atoms with Crippen LogP contribution in [0.15, 0.2) is 30.5 Å². The zero-order chi connectivity index (χ0) is 14.7. The third-order valence-electron chi connectivity index (χ3n) is 4.80. The van der Waals surface area contributed by atoms with Gasteiger partial charge in [0.25, 0.3) is 0 Å². The number of nitrogens with one attached hydrogen (secondary N) is 1. The van der Waals surface area contributed by atoms with Gasteiger partial charge in [-0.25, -0.2) is 0 Å². The van der Waals surface area contributed by atoms with E-state index in [0.717, 1.165) is 11.9 Å². The van der Waals surface area contributed by atoms with Crippen LogP contribution in [0.5, 0.6) is 0 Å². The quantitative estimate of drug-likeness (QED) is 0.908. The highest BCUT2D eigenvalue weighted by Gasteiger charge is 2.21. The SMILES string of the molecule is CN(C(=O)CCc1c[nH]c2ccccc12)C1CCCCC1. The van der Waals surface area contributed by atoms with Crippen LogP contribution in [0, 0.1) is 0 Å². The maximum Gasteiger partial charge on any atom is 0.222 e. The molecule has 1 aliphatic carbocycles. The van der Waals surface area contributed by atoms with E-state index in [4.69, 9.17) is 0 Å². The van der Waals surface area contributed by atoms with E-state index in [9.17, 15) is 4.79 Å². The zero-order valence-corrected chi connectivity index (χ0v) is 12.8. The van der Waals surface area contributed by atoms with Crippen LogP contribution in [0.3, 0.4) is 0 Å². The summed E-state index contributed by atoms with van der Waals surface area (Å²) in [6.45, 7) is 0. The second-order valence-electron chi connectivity index (χ2n) is 6.16. The van der Waals surface area contributed by atoms with Gasteiger partial charge in [0.05, 0.1) is 0 Å². The Morgan fingerprint density at radius 3 is 2.81 bits per heavy atom. The smallest absolute Gasteiger partial charge is 0.222 e. The first-order valence-electron chi connectivity index (χ1n) is 8.06. The molecular formula is C18H24N2O. The lowest BCUT2D eigenvalue weighted by Gasteiger charge is -2.31. The van der Waals surface area contributed by atoms with E-state index in [-0.39, 0.29) is 5.91 Å². The lowest BCUT2D eigenvalue weighted by molar-refractivity contribution is -0.132. The van der Waals surface area contributed by atoms with E-state index in [1.807, 2.05) is 24.2 Å².